The normalized spacial score (nSPS) is 17.3. The molecule has 0 atom stereocenters. The first-order valence-corrected chi connectivity index (χ1v) is 9.32. The third-order valence-corrected chi connectivity index (χ3v) is 8.40. The number of hydrogen-bond acceptors (Lipinski definition) is 1. The molecule has 1 nitrogen and oxygen atoms in total. The summed E-state index contributed by atoms with van der Waals surface area (Å²) in [7, 11) is -0.603. The number of ether oxygens (including phenoxy) is 1. The molecule has 0 aliphatic carbocycles. The Morgan fingerprint density at radius 2 is 1.55 bits per heavy atom. The molecule has 64 valence electrons. The molecule has 0 spiro atoms. The molecule has 0 radical (unpaired) electrons. The fraction of sp³-hybridized carbons (Fsp3) is 1.00. The predicted molar refractivity (Wildman–Crippen MR) is 48.2 cm³/mol. The molecule has 0 unspecified atom stereocenters. The van der Waals surface area contributed by atoms with Crippen molar-refractivity contribution in [1.82, 2.24) is 0 Å². The van der Waals surface area contributed by atoms with Gasteiger partial charge in [-0.1, -0.05) is 0 Å². The number of hydrogen-bond donors (Lipinski definition) is 0. The van der Waals surface area contributed by atoms with Crippen molar-refractivity contribution in [2.45, 2.75) is 36.3 Å². The van der Waals surface area contributed by atoms with Gasteiger partial charge in [-0.15, -0.1) is 0 Å². The maximum atomic E-state index is 4.94. The molecular formula is C8H19OScSi. The van der Waals surface area contributed by atoms with Crippen molar-refractivity contribution in [3.63, 3.8) is 0 Å². The van der Waals surface area contributed by atoms with Gasteiger partial charge < -0.3 is 4.74 Å². The fourth-order valence-corrected chi connectivity index (χ4v) is 0.510. The van der Waals surface area contributed by atoms with Gasteiger partial charge in [-0.3, -0.25) is 0 Å². The molecule has 11 heavy (non-hydrogen) atoms. The van der Waals surface area contributed by atoms with Gasteiger partial charge in [-0.05, 0) is 12.8 Å². The average molecular weight is 204 g/mol. The molecule has 1 aliphatic heterocycles. The van der Waals surface area contributed by atoms with E-state index in [4.69, 9.17) is 4.74 Å². The zero-order valence-corrected chi connectivity index (χ0v) is 10.8. The average Bonchev–Trinajstić information content (AvgIpc) is 2.41. The van der Waals surface area contributed by atoms with Crippen LogP contribution >= 0.6 is 0 Å². The van der Waals surface area contributed by atoms with Crippen molar-refractivity contribution >= 4 is 8.07 Å². The van der Waals surface area contributed by atoms with Gasteiger partial charge in [0.1, 0.15) is 0 Å². The zero-order valence-electron chi connectivity index (χ0n) is 8.02. The van der Waals surface area contributed by atoms with Crippen molar-refractivity contribution < 1.29 is 29.1 Å². The molecule has 0 bridgehead atoms. The first-order valence-electron chi connectivity index (χ1n) is 4.34. The van der Waals surface area contributed by atoms with E-state index in [0.29, 0.717) is 0 Å². The van der Waals surface area contributed by atoms with Crippen LogP contribution in [0.4, 0.5) is 0 Å². The van der Waals surface area contributed by atoms with Gasteiger partial charge in [0.2, 0.25) is 0 Å². The van der Waals surface area contributed by atoms with E-state index in [0.717, 1.165) is 13.2 Å². The standard InChI is InChI=1S/C4H8O.C4H11Si.Sc/c1-2-4-5-3-1;1-5(2,3)4;/h1-4H2;1H2,2-4H3;. The van der Waals surface area contributed by atoms with Crippen molar-refractivity contribution in [3.8, 4) is 0 Å². The van der Waals surface area contributed by atoms with Crippen LogP contribution in [0, 0.1) is 0 Å². The van der Waals surface area contributed by atoms with Gasteiger partial charge in [0.05, 0.1) is 0 Å². The van der Waals surface area contributed by atoms with E-state index < -0.39 is 8.07 Å². The number of rotatable bonds is 1. The second kappa shape index (κ2) is 6.55. The second-order valence-corrected chi connectivity index (χ2v) is 11.5. The van der Waals surface area contributed by atoms with Gasteiger partial charge in [0.25, 0.3) is 0 Å². The molecule has 3 heteroatoms. The monoisotopic (exact) mass is 204 g/mol. The maximum absolute atomic E-state index is 4.94. The summed E-state index contributed by atoms with van der Waals surface area (Å²) in [6.45, 7) is 9.19. The molecule has 0 N–H and O–H groups in total. The Balaban J connectivity index is 0.000000183. The second-order valence-electron chi connectivity index (χ2n) is 4.08. The van der Waals surface area contributed by atoms with Crippen molar-refractivity contribution in [3.05, 3.63) is 0 Å². The minimum atomic E-state index is -0.603. The Morgan fingerprint density at radius 1 is 1.18 bits per heavy atom. The van der Waals surface area contributed by atoms with Gasteiger partial charge >= 0.3 is 55.9 Å². The third kappa shape index (κ3) is 11.0. The topological polar surface area (TPSA) is 9.23 Å². The van der Waals surface area contributed by atoms with E-state index in [9.17, 15) is 0 Å². The van der Waals surface area contributed by atoms with E-state index >= 15 is 0 Å². The summed E-state index contributed by atoms with van der Waals surface area (Å²) in [5.74, 6) is 0. The molecule has 0 saturated carbocycles. The molecule has 0 aromatic carbocycles. The van der Waals surface area contributed by atoms with Crippen molar-refractivity contribution in [2.24, 2.45) is 0 Å². The Bertz CT molecular complexity index is 79.0. The summed E-state index contributed by atoms with van der Waals surface area (Å²) in [5.41, 5.74) is 0. The van der Waals surface area contributed by atoms with Crippen molar-refractivity contribution in [2.75, 3.05) is 13.2 Å². The third-order valence-electron chi connectivity index (χ3n) is 1.44. The van der Waals surface area contributed by atoms with E-state index in [1.807, 2.05) is 24.4 Å². The van der Waals surface area contributed by atoms with Crippen LogP contribution < -0.4 is 0 Å². The Labute approximate surface area is 86.5 Å². The SMILES string of the molecule is C1CCOC1.C[Si](C)(C)[CH2][Sc]. The van der Waals surface area contributed by atoms with Gasteiger partial charge in [-0.2, -0.15) is 0 Å². The summed E-state index contributed by atoms with van der Waals surface area (Å²) in [5, 5.41) is 0. The van der Waals surface area contributed by atoms with Crippen LogP contribution in [-0.4, -0.2) is 21.3 Å². The van der Waals surface area contributed by atoms with E-state index in [-0.39, 0.29) is 0 Å². The zero-order chi connectivity index (χ0) is 8.74. The van der Waals surface area contributed by atoms with Gasteiger partial charge in [0.15, 0.2) is 0 Å². The summed E-state index contributed by atoms with van der Waals surface area (Å²) in [6, 6.07) is 0. The van der Waals surface area contributed by atoms with E-state index in [2.05, 4.69) is 19.6 Å². The summed E-state index contributed by atoms with van der Waals surface area (Å²) in [6.07, 6.45) is 2.56. The van der Waals surface area contributed by atoms with E-state index in [1.165, 1.54) is 16.6 Å². The quantitative estimate of drug-likeness (QED) is 0.597. The molecule has 0 aromatic rings. The Morgan fingerprint density at radius 3 is 1.64 bits per heavy atom. The Hall–Kier alpha value is 1.05. The fourth-order valence-electron chi connectivity index (χ4n) is 0.510. The van der Waals surface area contributed by atoms with Crippen LogP contribution in [0.25, 0.3) is 0 Å². The minimum absolute atomic E-state index is 0.603. The molecule has 0 aromatic heterocycles. The molecule has 0 amide bonds. The van der Waals surface area contributed by atoms with Gasteiger partial charge in [-0.25, -0.2) is 0 Å². The molecular weight excluding hydrogens is 185 g/mol. The van der Waals surface area contributed by atoms with Crippen LogP contribution in [0.15, 0.2) is 0 Å². The van der Waals surface area contributed by atoms with Crippen LogP contribution in [0.2, 0.25) is 23.4 Å². The van der Waals surface area contributed by atoms with Gasteiger partial charge in [0, 0.05) is 13.2 Å². The first-order chi connectivity index (χ1) is 5.06. The molecule has 1 heterocycles. The van der Waals surface area contributed by atoms with Crippen LogP contribution in [0.3, 0.4) is 0 Å². The summed E-state index contributed by atoms with van der Waals surface area (Å²) < 4.78 is 6.42. The van der Waals surface area contributed by atoms with Crippen LogP contribution in [0.1, 0.15) is 12.8 Å². The molecule has 1 rings (SSSR count). The first kappa shape index (κ1) is 12.0. The van der Waals surface area contributed by atoms with Crippen LogP contribution in [0.5, 0.6) is 0 Å². The molecule has 1 fully saturated rings. The Kier molecular flexibility index (Phi) is 7.17. The predicted octanol–water partition coefficient (Wildman–Crippen LogP) is 2.63. The van der Waals surface area contributed by atoms with Crippen molar-refractivity contribution in [1.29, 1.82) is 0 Å². The summed E-state index contributed by atoms with van der Waals surface area (Å²) in [4.78, 5) is 0. The molecule has 1 saturated heterocycles. The van der Waals surface area contributed by atoms with E-state index in [1.54, 1.807) is 0 Å². The summed E-state index contributed by atoms with van der Waals surface area (Å²) >= 11 is 1.88. The molecule has 1 aliphatic rings. The van der Waals surface area contributed by atoms with Crippen LogP contribution in [-0.2, 0) is 29.1 Å².